The van der Waals surface area contributed by atoms with Gasteiger partial charge < -0.3 is 10.2 Å². The van der Waals surface area contributed by atoms with E-state index in [9.17, 15) is 4.79 Å². The molecule has 3 heteroatoms. The largest absolute Gasteiger partial charge is 0.337 e. The number of carbonyl (C=O) groups is 1. The molecule has 1 saturated carbocycles. The molecule has 2 rings (SSSR count). The summed E-state index contributed by atoms with van der Waals surface area (Å²) in [7, 11) is 0. The van der Waals surface area contributed by atoms with Crippen LogP contribution in [0.5, 0.6) is 0 Å². The van der Waals surface area contributed by atoms with Gasteiger partial charge in [-0.1, -0.05) is 0 Å². The van der Waals surface area contributed by atoms with Crippen LogP contribution in [0.25, 0.3) is 0 Å². The minimum absolute atomic E-state index is 0.282. The molecular weight excluding hydrogens is 200 g/mol. The first-order chi connectivity index (χ1) is 7.70. The van der Waals surface area contributed by atoms with Crippen molar-refractivity contribution >= 4 is 5.91 Å². The van der Waals surface area contributed by atoms with Crippen molar-refractivity contribution in [2.45, 2.75) is 58.0 Å². The van der Waals surface area contributed by atoms with E-state index >= 15 is 0 Å². The van der Waals surface area contributed by atoms with Crippen LogP contribution < -0.4 is 5.32 Å². The topological polar surface area (TPSA) is 32.3 Å². The van der Waals surface area contributed by atoms with Gasteiger partial charge in [-0.2, -0.15) is 0 Å². The predicted molar refractivity (Wildman–Crippen MR) is 65.2 cm³/mol. The van der Waals surface area contributed by atoms with E-state index in [0.717, 1.165) is 25.9 Å². The first-order valence-electron chi connectivity index (χ1n) is 6.73. The Morgan fingerprint density at radius 1 is 1.19 bits per heavy atom. The number of nitrogens with one attached hydrogen (secondary N) is 1. The maximum Gasteiger partial charge on any atom is 0.226 e. The van der Waals surface area contributed by atoms with Gasteiger partial charge in [0.2, 0.25) is 5.91 Å². The van der Waals surface area contributed by atoms with E-state index in [0.29, 0.717) is 18.0 Å². The maximum absolute atomic E-state index is 12.5. The van der Waals surface area contributed by atoms with E-state index in [1.54, 1.807) is 0 Å². The van der Waals surface area contributed by atoms with E-state index in [2.05, 4.69) is 24.1 Å². The summed E-state index contributed by atoms with van der Waals surface area (Å²) in [5.41, 5.74) is 0. The Hall–Kier alpha value is -0.570. The van der Waals surface area contributed by atoms with Crippen molar-refractivity contribution in [2.24, 2.45) is 5.92 Å². The summed E-state index contributed by atoms with van der Waals surface area (Å²) in [5.74, 6) is 0.699. The third-order valence-electron chi connectivity index (χ3n) is 3.97. The van der Waals surface area contributed by atoms with Crippen molar-refractivity contribution in [3.63, 3.8) is 0 Å². The third kappa shape index (κ3) is 2.40. The molecule has 92 valence electrons. The molecule has 0 aromatic carbocycles. The summed E-state index contributed by atoms with van der Waals surface area (Å²) in [4.78, 5) is 14.6. The monoisotopic (exact) mass is 224 g/mol. The summed E-state index contributed by atoms with van der Waals surface area (Å²) in [6, 6.07) is 0.912. The Labute approximate surface area is 98.6 Å². The van der Waals surface area contributed by atoms with E-state index in [-0.39, 0.29) is 5.92 Å². The van der Waals surface area contributed by atoms with Gasteiger partial charge in [-0.05, 0) is 59.0 Å². The summed E-state index contributed by atoms with van der Waals surface area (Å²) in [5, 5.41) is 3.32. The van der Waals surface area contributed by atoms with Crippen LogP contribution in [-0.4, -0.2) is 36.0 Å². The fourth-order valence-corrected chi connectivity index (χ4v) is 2.80. The highest BCUT2D eigenvalue weighted by Gasteiger charge is 2.34. The number of rotatable bonds is 3. The van der Waals surface area contributed by atoms with Crippen molar-refractivity contribution in [2.75, 3.05) is 13.1 Å². The first kappa shape index (κ1) is 11.9. The molecule has 0 aromatic rings. The second kappa shape index (κ2) is 5.17. The Morgan fingerprint density at radius 2 is 1.81 bits per heavy atom. The van der Waals surface area contributed by atoms with Gasteiger partial charge in [0.15, 0.2) is 0 Å². The number of hydrogen-bond acceptors (Lipinski definition) is 2. The van der Waals surface area contributed by atoms with Crippen molar-refractivity contribution < 1.29 is 4.79 Å². The summed E-state index contributed by atoms with van der Waals surface area (Å²) < 4.78 is 0. The Kier molecular flexibility index (Phi) is 3.85. The molecule has 1 amide bonds. The van der Waals surface area contributed by atoms with Crippen LogP contribution in [0.1, 0.15) is 46.0 Å². The predicted octanol–water partition coefficient (Wildman–Crippen LogP) is 1.78. The zero-order valence-corrected chi connectivity index (χ0v) is 10.5. The Balaban J connectivity index is 1.97. The maximum atomic E-state index is 12.5. The lowest BCUT2D eigenvalue weighted by Gasteiger charge is -2.42. The zero-order valence-electron chi connectivity index (χ0n) is 10.5. The van der Waals surface area contributed by atoms with Gasteiger partial charge in [-0.15, -0.1) is 0 Å². The van der Waals surface area contributed by atoms with Gasteiger partial charge >= 0.3 is 0 Å². The molecule has 0 spiro atoms. The van der Waals surface area contributed by atoms with Crippen LogP contribution in [0, 0.1) is 5.92 Å². The highest BCUT2D eigenvalue weighted by Crippen LogP contribution is 2.29. The molecule has 1 N–H and O–H groups in total. The lowest BCUT2D eigenvalue weighted by atomic mass is 9.88. The molecule has 3 nitrogen and oxygen atoms in total. The Morgan fingerprint density at radius 3 is 2.25 bits per heavy atom. The van der Waals surface area contributed by atoms with Crippen molar-refractivity contribution in [3.8, 4) is 0 Å². The number of piperidine rings is 1. The number of carbonyl (C=O) groups excluding carboxylic acids is 1. The summed E-state index contributed by atoms with van der Waals surface area (Å²) >= 11 is 0. The quantitative estimate of drug-likeness (QED) is 0.792. The molecule has 1 heterocycles. The minimum atomic E-state index is 0.282. The SMILES string of the molecule is CC(C)N(C(=O)C1CCNCC1)C1CCC1. The molecule has 1 saturated heterocycles. The van der Waals surface area contributed by atoms with Crippen molar-refractivity contribution in [3.05, 3.63) is 0 Å². The number of hydrogen-bond donors (Lipinski definition) is 1. The molecule has 0 atom stereocenters. The van der Waals surface area contributed by atoms with Gasteiger partial charge in [-0.3, -0.25) is 4.79 Å². The van der Waals surface area contributed by atoms with Crippen molar-refractivity contribution in [1.29, 1.82) is 0 Å². The van der Waals surface area contributed by atoms with Gasteiger partial charge in [0.25, 0.3) is 0 Å². The number of amides is 1. The standard InChI is InChI=1S/C13H24N2O/c1-10(2)15(12-4-3-5-12)13(16)11-6-8-14-9-7-11/h10-12,14H,3-9H2,1-2H3. The van der Waals surface area contributed by atoms with Gasteiger partial charge in [0.05, 0.1) is 0 Å². The van der Waals surface area contributed by atoms with Gasteiger partial charge in [-0.25, -0.2) is 0 Å². The average Bonchev–Trinajstić information content (AvgIpc) is 2.23. The number of nitrogens with zero attached hydrogens (tertiary/aromatic N) is 1. The molecule has 2 fully saturated rings. The molecule has 2 aliphatic rings. The van der Waals surface area contributed by atoms with E-state index in [1.165, 1.54) is 19.3 Å². The molecular formula is C13H24N2O. The fourth-order valence-electron chi connectivity index (χ4n) is 2.80. The smallest absolute Gasteiger partial charge is 0.226 e. The molecule has 1 aliphatic heterocycles. The highest BCUT2D eigenvalue weighted by atomic mass is 16.2. The molecule has 0 unspecified atom stereocenters. The first-order valence-corrected chi connectivity index (χ1v) is 6.73. The Bertz CT molecular complexity index is 242. The summed E-state index contributed by atoms with van der Waals surface area (Å²) in [6.07, 6.45) is 5.78. The molecule has 0 aromatic heterocycles. The molecule has 16 heavy (non-hydrogen) atoms. The van der Waals surface area contributed by atoms with Crippen LogP contribution in [0.3, 0.4) is 0 Å². The molecule has 1 aliphatic carbocycles. The highest BCUT2D eigenvalue weighted by molar-refractivity contribution is 5.79. The second-order valence-corrected chi connectivity index (χ2v) is 5.45. The van der Waals surface area contributed by atoms with E-state index in [1.807, 2.05) is 0 Å². The van der Waals surface area contributed by atoms with Crippen LogP contribution in [-0.2, 0) is 4.79 Å². The van der Waals surface area contributed by atoms with Crippen LogP contribution in [0.2, 0.25) is 0 Å². The van der Waals surface area contributed by atoms with Gasteiger partial charge in [0.1, 0.15) is 0 Å². The van der Waals surface area contributed by atoms with Crippen LogP contribution in [0.15, 0.2) is 0 Å². The molecule has 0 radical (unpaired) electrons. The van der Waals surface area contributed by atoms with Gasteiger partial charge in [0, 0.05) is 18.0 Å². The zero-order chi connectivity index (χ0) is 11.5. The normalized spacial score (nSPS) is 23.2. The second-order valence-electron chi connectivity index (χ2n) is 5.45. The lowest BCUT2D eigenvalue weighted by Crippen LogP contribution is -2.51. The van der Waals surface area contributed by atoms with E-state index in [4.69, 9.17) is 0 Å². The lowest BCUT2D eigenvalue weighted by molar-refractivity contribution is -0.142. The third-order valence-corrected chi connectivity index (χ3v) is 3.97. The molecule has 0 bridgehead atoms. The van der Waals surface area contributed by atoms with Crippen molar-refractivity contribution in [1.82, 2.24) is 10.2 Å². The summed E-state index contributed by atoms with van der Waals surface area (Å²) in [6.45, 7) is 6.31. The fraction of sp³-hybridized carbons (Fsp3) is 0.923. The van der Waals surface area contributed by atoms with E-state index < -0.39 is 0 Å². The van der Waals surface area contributed by atoms with Crippen LogP contribution in [0.4, 0.5) is 0 Å². The van der Waals surface area contributed by atoms with Crippen LogP contribution >= 0.6 is 0 Å². The average molecular weight is 224 g/mol. The minimum Gasteiger partial charge on any atom is -0.337 e.